The van der Waals surface area contributed by atoms with Crippen molar-refractivity contribution < 1.29 is 19.7 Å². The number of nitrogens with zero attached hydrogens (tertiary/aromatic N) is 2. The van der Waals surface area contributed by atoms with Crippen molar-refractivity contribution in [1.29, 1.82) is 0 Å². The smallest absolute Gasteiger partial charge is 0.419 e. The van der Waals surface area contributed by atoms with Crippen LogP contribution in [0.1, 0.15) is 32.6 Å². The summed E-state index contributed by atoms with van der Waals surface area (Å²) in [6.45, 7) is 5.00. The van der Waals surface area contributed by atoms with Gasteiger partial charge in [0.25, 0.3) is 0 Å². The summed E-state index contributed by atoms with van der Waals surface area (Å²) in [6, 6.07) is 3.47. The Bertz CT molecular complexity index is 627. The topological polar surface area (TPSA) is 84.6 Å². The first kappa shape index (κ1) is 15.7. The van der Waals surface area contributed by atoms with E-state index < -0.39 is 24.4 Å². The van der Waals surface area contributed by atoms with Gasteiger partial charge in [-0.2, -0.15) is 0 Å². The molecule has 2 heterocycles. The van der Waals surface area contributed by atoms with Gasteiger partial charge in [0.2, 0.25) is 0 Å². The van der Waals surface area contributed by atoms with E-state index in [0.717, 1.165) is 0 Å². The van der Waals surface area contributed by atoms with Gasteiger partial charge in [-0.15, -0.1) is 11.3 Å². The van der Waals surface area contributed by atoms with Crippen molar-refractivity contribution in [3.05, 3.63) is 29.4 Å². The number of rotatable bonds is 3. The minimum atomic E-state index is -1.01. The van der Waals surface area contributed by atoms with Gasteiger partial charge >= 0.3 is 6.09 Å². The highest BCUT2D eigenvalue weighted by atomic mass is 32.1. The van der Waals surface area contributed by atoms with Gasteiger partial charge in [0.1, 0.15) is 16.7 Å². The van der Waals surface area contributed by atoms with Crippen LogP contribution < -0.4 is 0 Å². The Balaban J connectivity index is 2.28. The molecule has 0 aliphatic rings. The van der Waals surface area contributed by atoms with Crippen LogP contribution in [0.3, 0.4) is 0 Å². The molecule has 114 valence electrons. The average molecular weight is 310 g/mol. The van der Waals surface area contributed by atoms with Gasteiger partial charge in [-0.25, -0.2) is 9.78 Å². The first-order valence-electron chi connectivity index (χ1n) is 6.47. The van der Waals surface area contributed by atoms with Crippen LogP contribution in [-0.2, 0) is 4.74 Å². The predicted molar refractivity (Wildman–Crippen MR) is 79.2 cm³/mol. The van der Waals surface area contributed by atoms with E-state index in [-0.39, 0.29) is 0 Å². The lowest BCUT2D eigenvalue weighted by atomic mass is 10.2. The lowest BCUT2D eigenvalue weighted by molar-refractivity contribution is 0.0540. The maximum absolute atomic E-state index is 12.1. The molecule has 6 nitrogen and oxygen atoms in total. The summed E-state index contributed by atoms with van der Waals surface area (Å²) in [5.74, 6) is 0. The molecule has 1 atom stereocenters. The minimum Gasteiger partial charge on any atom is -0.443 e. The average Bonchev–Trinajstić information content (AvgIpc) is 3.03. The molecular weight excluding hydrogens is 292 g/mol. The maximum atomic E-state index is 12.1. The molecule has 0 saturated heterocycles. The molecule has 7 heteroatoms. The van der Waals surface area contributed by atoms with E-state index in [1.54, 1.807) is 44.5 Å². The SMILES string of the molecule is CC(C)(C)OC(=O)n1cccc1-c1nc(C(O)CO)cs1. The van der Waals surface area contributed by atoms with E-state index in [1.807, 2.05) is 0 Å². The number of ether oxygens (including phenoxy) is 1. The standard InChI is InChI=1S/C14H18N2O4S/c1-14(2,3)20-13(19)16-6-4-5-10(16)12-15-9(8-21-12)11(18)7-17/h4-6,8,11,17-18H,7H2,1-3H3. The second-order valence-electron chi connectivity index (χ2n) is 5.52. The Hall–Kier alpha value is -1.70. The summed E-state index contributed by atoms with van der Waals surface area (Å²) >= 11 is 1.29. The fraction of sp³-hybridized carbons (Fsp3) is 0.429. The van der Waals surface area contributed by atoms with Gasteiger partial charge in [-0.05, 0) is 32.9 Å². The van der Waals surface area contributed by atoms with Crippen molar-refractivity contribution in [3.63, 3.8) is 0 Å². The van der Waals surface area contributed by atoms with Crippen LogP contribution in [0.2, 0.25) is 0 Å². The fourth-order valence-corrected chi connectivity index (χ4v) is 2.56. The molecule has 2 N–H and O–H groups in total. The van der Waals surface area contributed by atoms with Crippen LogP contribution in [0.25, 0.3) is 10.7 Å². The third kappa shape index (κ3) is 3.69. The minimum absolute atomic E-state index is 0.384. The number of hydrogen-bond donors (Lipinski definition) is 2. The van der Waals surface area contributed by atoms with Crippen LogP contribution in [0.4, 0.5) is 4.79 Å². The van der Waals surface area contributed by atoms with Crippen molar-refractivity contribution in [2.45, 2.75) is 32.5 Å². The molecule has 0 bridgehead atoms. The first-order valence-corrected chi connectivity index (χ1v) is 7.35. The normalized spacial score (nSPS) is 13.2. The lowest BCUT2D eigenvalue weighted by Gasteiger charge is -2.20. The van der Waals surface area contributed by atoms with Crippen molar-refractivity contribution in [2.75, 3.05) is 6.61 Å². The van der Waals surface area contributed by atoms with Crippen LogP contribution in [0, 0.1) is 0 Å². The predicted octanol–water partition coefficient (Wildman–Crippen LogP) is 2.42. The maximum Gasteiger partial charge on any atom is 0.419 e. The third-order valence-corrected chi connectivity index (χ3v) is 3.48. The van der Waals surface area contributed by atoms with Crippen molar-refractivity contribution in [2.24, 2.45) is 0 Å². The molecule has 2 rings (SSSR count). The van der Waals surface area contributed by atoms with E-state index in [1.165, 1.54) is 15.9 Å². The largest absolute Gasteiger partial charge is 0.443 e. The Kier molecular flexibility index (Phi) is 4.46. The Morgan fingerprint density at radius 3 is 2.86 bits per heavy atom. The van der Waals surface area contributed by atoms with Gasteiger partial charge in [0, 0.05) is 11.6 Å². The summed E-state index contributed by atoms with van der Waals surface area (Å²) in [7, 11) is 0. The second-order valence-corrected chi connectivity index (χ2v) is 6.38. The number of thiazole rings is 1. The summed E-state index contributed by atoms with van der Waals surface area (Å²) in [6.07, 6.45) is 0.106. The number of aromatic nitrogens is 2. The molecule has 2 aromatic rings. The monoisotopic (exact) mass is 310 g/mol. The summed E-state index contributed by atoms with van der Waals surface area (Å²) in [4.78, 5) is 16.4. The Labute approximate surface area is 126 Å². The number of carbonyl (C=O) groups is 1. The summed E-state index contributed by atoms with van der Waals surface area (Å²) < 4.78 is 6.71. The molecule has 0 saturated carbocycles. The quantitative estimate of drug-likeness (QED) is 0.909. The van der Waals surface area contributed by atoms with E-state index in [9.17, 15) is 9.90 Å². The van der Waals surface area contributed by atoms with Crippen LogP contribution in [-0.4, -0.2) is 38.1 Å². The third-order valence-electron chi connectivity index (χ3n) is 2.59. The molecular formula is C14H18N2O4S. The second kappa shape index (κ2) is 5.97. The molecule has 0 amide bonds. The number of aliphatic hydroxyl groups is 2. The molecule has 2 aromatic heterocycles. The highest BCUT2D eigenvalue weighted by Gasteiger charge is 2.21. The summed E-state index contributed by atoms with van der Waals surface area (Å²) in [5, 5.41) is 20.7. The number of aliphatic hydroxyl groups excluding tert-OH is 2. The molecule has 0 spiro atoms. The van der Waals surface area contributed by atoms with E-state index >= 15 is 0 Å². The summed E-state index contributed by atoms with van der Waals surface area (Å²) in [5.41, 5.74) is 0.389. The van der Waals surface area contributed by atoms with Crippen molar-refractivity contribution >= 4 is 17.4 Å². The zero-order chi connectivity index (χ0) is 15.6. The van der Waals surface area contributed by atoms with Gasteiger partial charge < -0.3 is 14.9 Å². The number of hydrogen-bond acceptors (Lipinski definition) is 6. The molecule has 0 aliphatic carbocycles. The van der Waals surface area contributed by atoms with Crippen LogP contribution in [0.5, 0.6) is 0 Å². The van der Waals surface area contributed by atoms with Crippen molar-refractivity contribution in [1.82, 2.24) is 9.55 Å². The molecule has 0 aromatic carbocycles. The van der Waals surface area contributed by atoms with Gasteiger partial charge in [0.15, 0.2) is 0 Å². The van der Waals surface area contributed by atoms with Crippen molar-refractivity contribution in [3.8, 4) is 10.7 Å². The zero-order valence-electron chi connectivity index (χ0n) is 12.1. The highest BCUT2D eigenvalue weighted by Crippen LogP contribution is 2.27. The van der Waals surface area contributed by atoms with Gasteiger partial charge in [0.05, 0.1) is 18.0 Å². The molecule has 21 heavy (non-hydrogen) atoms. The molecule has 1 unspecified atom stereocenters. The van der Waals surface area contributed by atoms with Gasteiger partial charge in [-0.1, -0.05) is 0 Å². The Morgan fingerprint density at radius 1 is 1.52 bits per heavy atom. The van der Waals surface area contributed by atoms with E-state index in [2.05, 4.69) is 4.98 Å². The molecule has 0 fully saturated rings. The first-order chi connectivity index (χ1) is 9.81. The van der Waals surface area contributed by atoms with Crippen LogP contribution >= 0.6 is 11.3 Å². The Morgan fingerprint density at radius 2 is 2.24 bits per heavy atom. The number of carbonyl (C=O) groups excluding carboxylic acids is 1. The molecule has 0 radical (unpaired) electrons. The van der Waals surface area contributed by atoms with E-state index in [0.29, 0.717) is 16.4 Å². The lowest BCUT2D eigenvalue weighted by Crippen LogP contribution is -2.27. The van der Waals surface area contributed by atoms with Crippen LogP contribution in [0.15, 0.2) is 23.7 Å². The van der Waals surface area contributed by atoms with Gasteiger partial charge in [-0.3, -0.25) is 4.57 Å². The zero-order valence-corrected chi connectivity index (χ0v) is 12.9. The highest BCUT2D eigenvalue weighted by molar-refractivity contribution is 7.13. The molecule has 0 aliphatic heterocycles. The fourth-order valence-electron chi connectivity index (χ4n) is 1.68. The van der Waals surface area contributed by atoms with E-state index in [4.69, 9.17) is 9.84 Å².